The molecule has 0 saturated carbocycles. The van der Waals surface area contributed by atoms with E-state index in [0.717, 1.165) is 12.4 Å². The van der Waals surface area contributed by atoms with Crippen LogP contribution in [0.15, 0.2) is 23.5 Å². The molecule has 98 valence electrons. The predicted octanol–water partition coefficient (Wildman–Crippen LogP) is 1.80. The van der Waals surface area contributed by atoms with Gasteiger partial charge in [0.2, 0.25) is 0 Å². The molecule has 1 aromatic rings. The molecule has 5 heteroatoms. The van der Waals surface area contributed by atoms with Gasteiger partial charge in [-0.15, -0.1) is 0 Å². The number of pyridine rings is 1. The number of piperidine rings is 1. The minimum Gasteiger partial charge on any atom is -0.409 e. The van der Waals surface area contributed by atoms with Crippen molar-refractivity contribution in [2.75, 3.05) is 11.4 Å². The first kappa shape index (κ1) is 12.7. The van der Waals surface area contributed by atoms with Crippen LogP contribution in [0.25, 0.3) is 0 Å². The van der Waals surface area contributed by atoms with E-state index >= 15 is 0 Å². The highest BCUT2D eigenvalue weighted by molar-refractivity contribution is 5.97. The van der Waals surface area contributed by atoms with E-state index in [4.69, 9.17) is 10.9 Å². The Balaban J connectivity index is 2.27. The summed E-state index contributed by atoms with van der Waals surface area (Å²) in [5, 5.41) is 11.7. The highest BCUT2D eigenvalue weighted by Gasteiger charge is 2.24. The van der Waals surface area contributed by atoms with Crippen molar-refractivity contribution < 1.29 is 5.21 Å². The first-order chi connectivity index (χ1) is 8.61. The van der Waals surface area contributed by atoms with Crippen LogP contribution in [0.4, 0.5) is 5.82 Å². The summed E-state index contributed by atoms with van der Waals surface area (Å²) in [4.78, 5) is 6.69. The van der Waals surface area contributed by atoms with Gasteiger partial charge in [0.15, 0.2) is 5.84 Å². The van der Waals surface area contributed by atoms with Gasteiger partial charge in [0.05, 0.1) is 0 Å². The average molecular weight is 248 g/mol. The Bertz CT molecular complexity index is 446. The van der Waals surface area contributed by atoms with E-state index in [0.29, 0.717) is 17.5 Å². The van der Waals surface area contributed by atoms with E-state index in [9.17, 15) is 0 Å². The highest BCUT2D eigenvalue weighted by atomic mass is 16.4. The lowest BCUT2D eigenvalue weighted by Crippen LogP contribution is -2.41. The molecule has 1 saturated heterocycles. The normalized spacial score (nSPS) is 25.2. The van der Waals surface area contributed by atoms with Crippen LogP contribution in [0.2, 0.25) is 0 Å². The third kappa shape index (κ3) is 2.55. The number of hydrogen-bond donors (Lipinski definition) is 2. The highest BCUT2D eigenvalue weighted by Crippen LogP contribution is 2.26. The lowest BCUT2D eigenvalue weighted by Gasteiger charge is -2.37. The molecule has 0 bridgehead atoms. The van der Waals surface area contributed by atoms with Gasteiger partial charge >= 0.3 is 0 Å². The molecule has 2 heterocycles. The fourth-order valence-corrected chi connectivity index (χ4v) is 2.40. The minimum absolute atomic E-state index is 0.122. The quantitative estimate of drug-likeness (QED) is 0.362. The van der Waals surface area contributed by atoms with Gasteiger partial charge in [-0.1, -0.05) is 12.1 Å². The largest absolute Gasteiger partial charge is 0.409 e. The van der Waals surface area contributed by atoms with E-state index in [1.165, 1.54) is 12.8 Å². The Kier molecular flexibility index (Phi) is 3.69. The number of aromatic nitrogens is 1. The van der Waals surface area contributed by atoms with Crippen molar-refractivity contribution in [1.82, 2.24) is 4.98 Å². The SMILES string of the molecule is CC1CCC(C)N(c2cc(C(N)=NO)ccn2)C1. The van der Waals surface area contributed by atoms with Crippen molar-refractivity contribution in [3.63, 3.8) is 0 Å². The van der Waals surface area contributed by atoms with Gasteiger partial charge < -0.3 is 15.8 Å². The molecule has 2 rings (SSSR count). The van der Waals surface area contributed by atoms with E-state index in [-0.39, 0.29) is 5.84 Å². The van der Waals surface area contributed by atoms with Crippen molar-refractivity contribution >= 4 is 11.7 Å². The number of hydrogen-bond acceptors (Lipinski definition) is 4. The summed E-state index contributed by atoms with van der Waals surface area (Å²) in [7, 11) is 0. The minimum atomic E-state index is 0.122. The van der Waals surface area contributed by atoms with Gasteiger partial charge in [-0.3, -0.25) is 0 Å². The molecule has 18 heavy (non-hydrogen) atoms. The fourth-order valence-electron chi connectivity index (χ4n) is 2.40. The summed E-state index contributed by atoms with van der Waals surface area (Å²) < 4.78 is 0. The Morgan fingerprint density at radius 1 is 1.50 bits per heavy atom. The third-order valence-electron chi connectivity index (χ3n) is 3.56. The first-order valence-corrected chi connectivity index (χ1v) is 6.32. The van der Waals surface area contributed by atoms with Gasteiger partial charge in [0.1, 0.15) is 5.82 Å². The number of oxime groups is 1. The van der Waals surface area contributed by atoms with E-state index < -0.39 is 0 Å². The van der Waals surface area contributed by atoms with Gasteiger partial charge in [-0.25, -0.2) is 4.98 Å². The smallest absolute Gasteiger partial charge is 0.170 e. The van der Waals surface area contributed by atoms with Crippen molar-refractivity contribution in [1.29, 1.82) is 0 Å². The first-order valence-electron chi connectivity index (χ1n) is 6.32. The van der Waals surface area contributed by atoms with Crippen molar-refractivity contribution in [3.8, 4) is 0 Å². The maximum absolute atomic E-state index is 8.71. The molecular weight excluding hydrogens is 228 g/mol. The number of anilines is 1. The maximum Gasteiger partial charge on any atom is 0.170 e. The van der Waals surface area contributed by atoms with E-state index in [2.05, 4.69) is 28.9 Å². The molecule has 0 amide bonds. The van der Waals surface area contributed by atoms with Gasteiger partial charge in [-0.05, 0) is 37.8 Å². The Hall–Kier alpha value is -1.78. The number of amidine groups is 1. The Morgan fingerprint density at radius 2 is 2.28 bits per heavy atom. The van der Waals surface area contributed by atoms with E-state index in [1.54, 1.807) is 12.3 Å². The molecular formula is C13H20N4O. The topological polar surface area (TPSA) is 74.7 Å². The molecule has 0 spiro atoms. The van der Waals surface area contributed by atoms with E-state index in [1.807, 2.05) is 6.07 Å². The van der Waals surface area contributed by atoms with Crippen LogP contribution >= 0.6 is 0 Å². The number of nitrogens with zero attached hydrogens (tertiary/aromatic N) is 3. The van der Waals surface area contributed by atoms with Crippen LogP contribution in [0, 0.1) is 5.92 Å². The monoisotopic (exact) mass is 248 g/mol. The maximum atomic E-state index is 8.71. The zero-order valence-electron chi connectivity index (χ0n) is 10.9. The van der Waals surface area contributed by atoms with Crippen LogP contribution in [-0.2, 0) is 0 Å². The lowest BCUT2D eigenvalue weighted by molar-refractivity contribution is 0.318. The second kappa shape index (κ2) is 5.25. The van der Waals surface area contributed by atoms with Crippen LogP contribution in [0.1, 0.15) is 32.3 Å². The predicted molar refractivity (Wildman–Crippen MR) is 72.0 cm³/mol. The Morgan fingerprint density at radius 3 is 3.00 bits per heavy atom. The molecule has 2 unspecified atom stereocenters. The number of nitrogens with two attached hydrogens (primary N) is 1. The second-order valence-electron chi connectivity index (χ2n) is 5.07. The summed E-state index contributed by atoms with van der Waals surface area (Å²) in [5.74, 6) is 1.70. The standard InChI is InChI=1S/C13H20N4O/c1-9-3-4-10(2)17(8-9)12-7-11(5-6-15-12)13(14)16-18/h5-7,9-10,18H,3-4,8H2,1-2H3,(H2,14,16). The van der Waals surface area contributed by atoms with Gasteiger partial charge in [0, 0.05) is 24.3 Å². The third-order valence-corrected chi connectivity index (χ3v) is 3.56. The molecule has 1 aliphatic heterocycles. The van der Waals surface area contributed by atoms with Crippen molar-refractivity contribution in [2.24, 2.45) is 16.8 Å². The summed E-state index contributed by atoms with van der Waals surface area (Å²) in [6.45, 7) is 5.48. The molecule has 0 radical (unpaired) electrons. The zero-order chi connectivity index (χ0) is 13.1. The molecule has 1 aromatic heterocycles. The van der Waals surface area contributed by atoms with Crippen LogP contribution < -0.4 is 10.6 Å². The molecule has 3 N–H and O–H groups in total. The second-order valence-corrected chi connectivity index (χ2v) is 5.07. The zero-order valence-corrected chi connectivity index (χ0v) is 10.9. The summed E-state index contributed by atoms with van der Waals surface area (Å²) in [5.41, 5.74) is 6.31. The fraction of sp³-hybridized carbons (Fsp3) is 0.538. The summed E-state index contributed by atoms with van der Waals surface area (Å²) in [6.07, 6.45) is 4.14. The Labute approximate surface area is 107 Å². The molecule has 2 atom stereocenters. The summed E-state index contributed by atoms with van der Waals surface area (Å²) >= 11 is 0. The molecule has 1 fully saturated rings. The molecule has 0 aromatic carbocycles. The molecule has 0 aliphatic carbocycles. The molecule has 5 nitrogen and oxygen atoms in total. The number of rotatable bonds is 2. The van der Waals surface area contributed by atoms with Gasteiger partial charge in [0.25, 0.3) is 0 Å². The summed E-state index contributed by atoms with van der Waals surface area (Å²) in [6, 6.07) is 4.11. The lowest BCUT2D eigenvalue weighted by atomic mass is 9.95. The van der Waals surface area contributed by atoms with Crippen LogP contribution in [0.3, 0.4) is 0 Å². The van der Waals surface area contributed by atoms with Gasteiger partial charge in [-0.2, -0.15) is 0 Å². The van der Waals surface area contributed by atoms with Crippen molar-refractivity contribution in [3.05, 3.63) is 23.9 Å². The molecule has 1 aliphatic rings. The average Bonchev–Trinajstić information content (AvgIpc) is 2.40. The van der Waals surface area contributed by atoms with Crippen LogP contribution in [0.5, 0.6) is 0 Å². The van der Waals surface area contributed by atoms with Crippen molar-refractivity contribution in [2.45, 2.75) is 32.7 Å². The van der Waals surface area contributed by atoms with Crippen LogP contribution in [-0.4, -0.2) is 28.6 Å².